The average molecular weight is 266 g/mol. The fourth-order valence-electron chi connectivity index (χ4n) is 2.31. The maximum Gasteiger partial charge on any atom is 0.310 e. The van der Waals surface area contributed by atoms with E-state index in [0.717, 1.165) is 30.5 Å². The highest BCUT2D eigenvalue weighted by Crippen LogP contribution is 2.22. The number of carbonyl (C=O) groups is 1. The van der Waals surface area contributed by atoms with Crippen molar-refractivity contribution in [1.82, 2.24) is 9.78 Å². The van der Waals surface area contributed by atoms with E-state index in [-0.39, 0.29) is 5.97 Å². The van der Waals surface area contributed by atoms with E-state index in [1.807, 2.05) is 6.92 Å². The van der Waals surface area contributed by atoms with Gasteiger partial charge in [0, 0.05) is 17.3 Å². The molecule has 0 aliphatic carbocycles. The largest absolute Gasteiger partial charge is 0.466 e. The minimum absolute atomic E-state index is 0.157. The number of aryl methyl sites for hydroxylation is 1. The van der Waals surface area contributed by atoms with Crippen molar-refractivity contribution in [2.45, 2.75) is 66.3 Å². The van der Waals surface area contributed by atoms with Gasteiger partial charge in [0.25, 0.3) is 0 Å². The van der Waals surface area contributed by atoms with Gasteiger partial charge in [-0.15, -0.1) is 0 Å². The fourth-order valence-corrected chi connectivity index (χ4v) is 2.31. The molecule has 0 saturated carbocycles. The lowest BCUT2D eigenvalue weighted by atomic mass is 10.1. The fraction of sp³-hybridized carbons (Fsp3) is 0.733. The van der Waals surface area contributed by atoms with Crippen LogP contribution in [0.5, 0.6) is 0 Å². The second-order valence-corrected chi connectivity index (χ2v) is 4.76. The van der Waals surface area contributed by atoms with Gasteiger partial charge < -0.3 is 4.74 Å². The normalized spacial score (nSPS) is 12.5. The Bertz CT molecular complexity index is 424. The van der Waals surface area contributed by atoms with Gasteiger partial charge in [-0.3, -0.25) is 9.48 Å². The van der Waals surface area contributed by atoms with E-state index >= 15 is 0 Å². The predicted octanol–water partition coefficient (Wildman–Crippen LogP) is 3.08. The molecule has 1 atom stereocenters. The van der Waals surface area contributed by atoms with Crippen molar-refractivity contribution in [2.24, 2.45) is 0 Å². The molecular formula is C15H26N2O2. The monoisotopic (exact) mass is 266 g/mol. The Morgan fingerprint density at radius 2 is 1.95 bits per heavy atom. The first kappa shape index (κ1) is 15.7. The van der Waals surface area contributed by atoms with Crippen LogP contribution in [0.1, 0.15) is 64.0 Å². The van der Waals surface area contributed by atoms with Crippen LogP contribution in [0.25, 0.3) is 0 Å². The van der Waals surface area contributed by atoms with E-state index in [2.05, 4.69) is 32.4 Å². The molecule has 0 aliphatic heterocycles. The molecule has 0 radical (unpaired) electrons. The number of hydrogen-bond donors (Lipinski definition) is 0. The van der Waals surface area contributed by atoms with Crippen molar-refractivity contribution in [3.05, 3.63) is 17.0 Å². The molecule has 19 heavy (non-hydrogen) atoms. The van der Waals surface area contributed by atoms with Crippen LogP contribution in [-0.2, 0) is 28.8 Å². The third-order valence-electron chi connectivity index (χ3n) is 3.51. The van der Waals surface area contributed by atoms with E-state index in [4.69, 9.17) is 9.84 Å². The van der Waals surface area contributed by atoms with E-state index < -0.39 is 0 Å². The zero-order chi connectivity index (χ0) is 14.4. The van der Waals surface area contributed by atoms with Gasteiger partial charge in [0.2, 0.25) is 0 Å². The highest BCUT2D eigenvalue weighted by atomic mass is 16.5. The third kappa shape index (κ3) is 3.58. The summed E-state index contributed by atoms with van der Waals surface area (Å²) in [7, 11) is 0. The molecule has 0 aliphatic rings. The Hall–Kier alpha value is -1.32. The van der Waals surface area contributed by atoms with Crippen LogP contribution in [0.2, 0.25) is 0 Å². The van der Waals surface area contributed by atoms with Gasteiger partial charge in [-0.2, -0.15) is 5.10 Å². The number of carbonyl (C=O) groups excluding carboxylic acids is 1. The quantitative estimate of drug-likeness (QED) is 0.712. The number of aromatic nitrogens is 2. The summed E-state index contributed by atoms with van der Waals surface area (Å²) < 4.78 is 7.16. The number of nitrogens with zero attached hydrogens (tertiary/aromatic N) is 2. The SMILES string of the molecule is CCOC(=O)Cc1c(CC)nn(C(C)CC)c1CC. The molecular weight excluding hydrogens is 240 g/mol. The zero-order valence-corrected chi connectivity index (χ0v) is 12.8. The number of hydrogen-bond acceptors (Lipinski definition) is 3. The summed E-state index contributed by atoms with van der Waals surface area (Å²) in [6, 6.07) is 0.371. The molecule has 0 N–H and O–H groups in total. The molecule has 0 spiro atoms. The van der Waals surface area contributed by atoms with Crippen molar-refractivity contribution in [3.63, 3.8) is 0 Å². The lowest BCUT2D eigenvalue weighted by molar-refractivity contribution is -0.142. The van der Waals surface area contributed by atoms with E-state index in [9.17, 15) is 4.79 Å². The van der Waals surface area contributed by atoms with Gasteiger partial charge in [-0.25, -0.2) is 0 Å². The lowest BCUT2D eigenvalue weighted by Gasteiger charge is -2.13. The first-order valence-corrected chi connectivity index (χ1v) is 7.33. The summed E-state index contributed by atoms with van der Waals surface area (Å²) in [6.07, 6.45) is 3.13. The Balaban J connectivity index is 3.13. The van der Waals surface area contributed by atoms with Gasteiger partial charge in [0.05, 0.1) is 18.7 Å². The Morgan fingerprint density at radius 1 is 1.26 bits per heavy atom. The summed E-state index contributed by atoms with van der Waals surface area (Å²) in [5, 5.41) is 4.69. The summed E-state index contributed by atoms with van der Waals surface area (Å²) in [4.78, 5) is 11.7. The van der Waals surface area contributed by atoms with Crippen LogP contribution in [-0.4, -0.2) is 22.4 Å². The molecule has 0 fully saturated rings. The minimum Gasteiger partial charge on any atom is -0.466 e. The highest BCUT2D eigenvalue weighted by molar-refractivity contribution is 5.73. The molecule has 1 rings (SSSR count). The van der Waals surface area contributed by atoms with Gasteiger partial charge in [-0.05, 0) is 33.1 Å². The Morgan fingerprint density at radius 3 is 2.42 bits per heavy atom. The number of rotatable bonds is 7. The van der Waals surface area contributed by atoms with E-state index in [1.165, 1.54) is 5.69 Å². The van der Waals surface area contributed by atoms with Crippen LogP contribution in [0.4, 0.5) is 0 Å². The van der Waals surface area contributed by atoms with Crippen molar-refractivity contribution < 1.29 is 9.53 Å². The molecule has 4 nitrogen and oxygen atoms in total. The molecule has 0 aromatic carbocycles. The second kappa shape index (κ2) is 7.31. The first-order valence-electron chi connectivity index (χ1n) is 7.33. The Labute approximate surface area is 116 Å². The molecule has 108 valence electrons. The molecule has 1 unspecified atom stereocenters. The smallest absolute Gasteiger partial charge is 0.310 e. The van der Waals surface area contributed by atoms with Crippen molar-refractivity contribution in [2.75, 3.05) is 6.61 Å². The summed E-state index contributed by atoms with van der Waals surface area (Å²) >= 11 is 0. The van der Waals surface area contributed by atoms with Crippen LogP contribution >= 0.6 is 0 Å². The van der Waals surface area contributed by atoms with E-state index in [1.54, 1.807) is 0 Å². The van der Waals surface area contributed by atoms with Crippen LogP contribution < -0.4 is 0 Å². The topological polar surface area (TPSA) is 44.1 Å². The van der Waals surface area contributed by atoms with Gasteiger partial charge >= 0.3 is 5.97 Å². The van der Waals surface area contributed by atoms with Crippen molar-refractivity contribution >= 4 is 5.97 Å². The Kier molecular flexibility index (Phi) is 6.06. The van der Waals surface area contributed by atoms with Crippen molar-refractivity contribution in [3.8, 4) is 0 Å². The van der Waals surface area contributed by atoms with E-state index in [0.29, 0.717) is 19.1 Å². The maximum atomic E-state index is 11.7. The molecule has 1 heterocycles. The van der Waals surface area contributed by atoms with Crippen LogP contribution in [0, 0.1) is 0 Å². The average Bonchev–Trinajstić information content (AvgIpc) is 2.75. The third-order valence-corrected chi connectivity index (χ3v) is 3.51. The van der Waals surface area contributed by atoms with Crippen LogP contribution in [0.15, 0.2) is 0 Å². The van der Waals surface area contributed by atoms with Gasteiger partial charge in [-0.1, -0.05) is 20.8 Å². The molecule has 0 bridgehead atoms. The molecule has 0 amide bonds. The standard InChI is InChI=1S/C15H26N2O2/c1-6-11(5)17-14(8-3)12(13(7-2)16-17)10-15(18)19-9-4/h11H,6-10H2,1-5H3. The molecule has 1 aromatic rings. The maximum absolute atomic E-state index is 11.7. The number of ether oxygens (including phenoxy) is 1. The van der Waals surface area contributed by atoms with Crippen molar-refractivity contribution in [1.29, 1.82) is 0 Å². The van der Waals surface area contributed by atoms with Crippen LogP contribution in [0.3, 0.4) is 0 Å². The number of esters is 1. The minimum atomic E-state index is -0.157. The first-order chi connectivity index (χ1) is 9.08. The molecule has 1 aromatic heterocycles. The zero-order valence-electron chi connectivity index (χ0n) is 12.8. The lowest BCUT2D eigenvalue weighted by Crippen LogP contribution is -2.12. The summed E-state index contributed by atoms with van der Waals surface area (Å²) in [6.45, 7) is 10.8. The second-order valence-electron chi connectivity index (χ2n) is 4.76. The highest BCUT2D eigenvalue weighted by Gasteiger charge is 2.20. The predicted molar refractivity (Wildman–Crippen MR) is 76.3 cm³/mol. The van der Waals surface area contributed by atoms with Gasteiger partial charge in [0.15, 0.2) is 0 Å². The molecule has 4 heteroatoms. The van der Waals surface area contributed by atoms with Gasteiger partial charge in [0.1, 0.15) is 0 Å². The molecule has 0 saturated heterocycles. The summed E-state index contributed by atoms with van der Waals surface area (Å²) in [5.41, 5.74) is 3.29. The summed E-state index contributed by atoms with van der Waals surface area (Å²) in [5.74, 6) is -0.157.